The second-order valence-corrected chi connectivity index (χ2v) is 8.68. The Bertz CT molecular complexity index is 1240. The number of amides is 2. The molecule has 2 aliphatic rings. The molecule has 0 aromatic heterocycles. The molecule has 0 bridgehead atoms. The fourth-order valence-corrected chi connectivity index (χ4v) is 4.79. The van der Waals surface area contributed by atoms with Crippen LogP contribution in [0.3, 0.4) is 0 Å². The van der Waals surface area contributed by atoms with E-state index < -0.39 is 35.7 Å². The summed E-state index contributed by atoms with van der Waals surface area (Å²) in [5, 5.41) is 2.20. The number of para-hydroxylation sites is 1. The van der Waals surface area contributed by atoms with E-state index in [9.17, 15) is 14.0 Å². The Kier molecular flexibility index (Phi) is 5.34. The number of hydrogen-bond donors (Lipinski definition) is 0. The molecular formula is C23H14Cl3FN2O3. The molecule has 3 atom stereocenters. The summed E-state index contributed by atoms with van der Waals surface area (Å²) < 4.78 is 14.0. The summed E-state index contributed by atoms with van der Waals surface area (Å²) in [5.74, 6) is -2.74. The number of benzene rings is 3. The van der Waals surface area contributed by atoms with E-state index in [1.165, 1.54) is 17.2 Å². The summed E-state index contributed by atoms with van der Waals surface area (Å²) in [6, 6.07) is 17.1. The van der Waals surface area contributed by atoms with Crippen molar-refractivity contribution < 1.29 is 18.8 Å². The molecule has 162 valence electrons. The Morgan fingerprint density at radius 2 is 1.56 bits per heavy atom. The summed E-state index contributed by atoms with van der Waals surface area (Å²) in [6.07, 6.45) is -1.10. The van der Waals surface area contributed by atoms with Crippen molar-refractivity contribution >= 4 is 58.0 Å². The first-order valence-electron chi connectivity index (χ1n) is 9.65. The first-order valence-corrected chi connectivity index (χ1v) is 10.8. The average molecular weight is 492 g/mol. The Morgan fingerprint density at radius 3 is 2.25 bits per heavy atom. The minimum absolute atomic E-state index is 0.0899. The third kappa shape index (κ3) is 3.35. The van der Waals surface area contributed by atoms with Gasteiger partial charge in [0.25, 0.3) is 5.91 Å². The van der Waals surface area contributed by atoms with Crippen molar-refractivity contribution in [2.75, 3.05) is 9.96 Å². The third-order valence-corrected chi connectivity index (χ3v) is 6.44. The van der Waals surface area contributed by atoms with Gasteiger partial charge in [-0.1, -0.05) is 59.1 Å². The second kappa shape index (κ2) is 8.05. The zero-order chi connectivity index (χ0) is 22.6. The van der Waals surface area contributed by atoms with Crippen LogP contribution in [-0.2, 0) is 14.4 Å². The highest BCUT2D eigenvalue weighted by Crippen LogP contribution is 2.49. The molecule has 2 fully saturated rings. The van der Waals surface area contributed by atoms with Gasteiger partial charge in [-0.3, -0.25) is 14.4 Å². The smallest absolute Gasteiger partial charge is 0.266 e. The molecule has 3 aromatic carbocycles. The third-order valence-electron chi connectivity index (χ3n) is 5.57. The van der Waals surface area contributed by atoms with Crippen LogP contribution in [0.1, 0.15) is 11.6 Å². The van der Waals surface area contributed by atoms with Gasteiger partial charge in [0.05, 0.1) is 22.4 Å². The number of hydroxylamine groups is 1. The van der Waals surface area contributed by atoms with Crippen molar-refractivity contribution in [2.24, 2.45) is 5.92 Å². The SMILES string of the molecule is O=C1[C@H]2[C@@H](ON(c3ccccc3)[C@H]2c2ccc(Cl)cc2Cl)C(=O)N1c1ccc(Cl)c(F)c1. The lowest BCUT2D eigenvalue weighted by molar-refractivity contribution is -0.126. The van der Waals surface area contributed by atoms with Crippen molar-refractivity contribution in [1.82, 2.24) is 0 Å². The topological polar surface area (TPSA) is 49.9 Å². The van der Waals surface area contributed by atoms with Gasteiger partial charge in [-0.15, -0.1) is 0 Å². The van der Waals surface area contributed by atoms with Gasteiger partial charge in [-0.05, 0) is 48.0 Å². The first kappa shape index (κ1) is 21.2. The minimum Gasteiger partial charge on any atom is -0.273 e. The zero-order valence-electron chi connectivity index (χ0n) is 16.2. The quantitative estimate of drug-likeness (QED) is 0.432. The maximum absolute atomic E-state index is 14.0. The second-order valence-electron chi connectivity index (χ2n) is 7.43. The highest BCUT2D eigenvalue weighted by molar-refractivity contribution is 6.35. The molecular weight excluding hydrogens is 478 g/mol. The van der Waals surface area contributed by atoms with Gasteiger partial charge in [0.1, 0.15) is 11.7 Å². The van der Waals surface area contributed by atoms with Crippen LogP contribution >= 0.6 is 34.8 Å². The summed E-state index contributed by atoms with van der Waals surface area (Å²) >= 11 is 18.3. The van der Waals surface area contributed by atoms with Crippen LogP contribution in [0.2, 0.25) is 15.1 Å². The summed E-state index contributed by atoms with van der Waals surface area (Å²) in [6.45, 7) is 0. The van der Waals surface area contributed by atoms with Gasteiger partial charge in [0, 0.05) is 10.0 Å². The highest BCUT2D eigenvalue weighted by Gasteiger charge is 2.60. The van der Waals surface area contributed by atoms with E-state index in [2.05, 4.69) is 0 Å². The lowest BCUT2D eigenvalue weighted by Crippen LogP contribution is -2.37. The number of anilines is 2. The number of fused-ring (bicyclic) bond motifs is 1. The molecule has 0 aliphatic carbocycles. The number of halogens is 4. The van der Waals surface area contributed by atoms with Gasteiger partial charge in [-0.2, -0.15) is 0 Å². The largest absolute Gasteiger partial charge is 0.273 e. The lowest BCUT2D eigenvalue weighted by atomic mass is 9.90. The fraction of sp³-hybridized carbons (Fsp3) is 0.130. The predicted octanol–water partition coefficient (Wildman–Crippen LogP) is 5.84. The molecule has 32 heavy (non-hydrogen) atoms. The van der Waals surface area contributed by atoms with Crippen LogP contribution in [0.5, 0.6) is 0 Å². The summed E-state index contributed by atoms with van der Waals surface area (Å²) in [5.41, 5.74) is 1.33. The number of carbonyl (C=O) groups excluding carboxylic acids is 2. The molecule has 3 aromatic rings. The molecule has 0 unspecified atom stereocenters. The maximum Gasteiger partial charge on any atom is 0.266 e. The number of carbonyl (C=O) groups is 2. The Labute approximate surface area is 197 Å². The van der Waals surface area contributed by atoms with E-state index in [-0.39, 0.29) is 10.7 Å². The monoisotopic (exact) mass is 490 g/mol. The van der Waals surface area contributed by atoms with Crippen molar-refractivity contribution in [3.05, 3.63) is 93.2 Å². The minimum atomic E-state index is -1.10. The number of nitrogens with zero attached hydrogens (tertiary/aromatic N) is 2. The van der Waals surface area contributed by atoms with Crippen LogP contribution in [0.15, 0.2) is 66.7 Å². The number of imide groups is 1. The Hall–Kier alpha value is -2.64. The van der Waals surface area contributed by atoms with Crippen molar-refractivity contribution in [3.8, 4) is 0 Å². The van der Waals surface area contributed by atoms with Gasteiger partial charge in [0.15, 0.2) is 6.10 Å². The maximum atomic E-state index is 14.0. The van der Waals surface area contributed by atoms with Crippen molar-refractivity contribution in [3.63, 3.8) is 0 Å². The van der Waals surface area contributed by atoms with Gasteiger partial charge < -0.3 is 0 Å². The number of hydrogen-bond acceptors (Lipinski definition) is 4. The predicted molar refractivity (Wildman–Crippen MR) is 120 cm³/mol. The average Bonchev–Trinajstić information content (AvgIpc) is 3.27. The van der Waals surface area contributed by atoms with Crippen LogP contribution in [0.25, 0.3) is 0 Å². The van der Waals surface area contributed by atoms with E-state index in [4.69, 9.17) is 39.6 Å². The van der Waals surface area contributed by atoms with Gasteiger partial charge >= 0.3 is 0 Å². The van der Waals surface area contributed by atoms with Gasteiger partial charge in [-0.25, -0.2) is 14.4 Å². The highest BCUT2D eigenvalue weighted by atomic mass is 35.5. The molecule has 9 heteroatoms. The van der Waals surface area contributed by atoms with Crippen LogP contribution in [0.4, 0.5) is 15.8 Å². The fourth-order valence-electron chi connectivity index (χ4n) is 4.15. The molecule has 0 saturated carbocycles. The van der Waals surface area contributed by atoms with Crippen LogP contribution in [-0.4, -0.2) is 17.9 Å². The Balaban J connectivity index is 1.61. The van der Waals surface area contributed by atoms with Crippen molar-refractivity contribution in [1.29, 1.82) is 0 Å². The van der Waals surface area contributed by atoms with Crippen LogP contribution in [0, 0.1) is 11.7 Å². The van der Waals surface area contributed by atoms with Crippen LogP contribution < -0.4 is 9.96 Å². The van der Waals surface area contributed by atoms with Crippen molar-refractivity contribution in [2.45, 2.75) is 12.1 Å². The summed E-state index contributed by atoms with van der Waals surface area (Å²) in [7, 11) is 0. The van der Waals surface area contributed by atoms with E-state index in [0.29, 0.717) is 21.3 Å². The lowest BCUT2D eigenvalue weighted by Gasteiger charge is -2.29. The standard InChI is InChI=1S/C23H14Cl3FN2O3/c24-12-6-8-15(17(26)10-12)20-19-21(32-29(20)13-4-2-1-3-5-13)23(31)28(22(19)30)14-7-9-16(25)18(27)11-14/h1-11,19-21H/t19-,20+,21-/m1/s1. The van der Waals surface area contributed by atoms with Gasteiger partial charge in [0.2, 0.25) is 5.91 Å². The molecule has 2 saturated heterocycles. The molecule has 2 amide bonds. The molecule has 0 spiro atoms. The number of rotatable bonds is 3. The molecule has 0 radical (unpaired) electrons. The van der Waals surface area contributed by atoms with E-state index >= 15 is 0 Å². The summed E-state index contributed by atoms with van der Waals surface area (Å²) in [4.78, 5) is 33.7. The Morgan fingerprint density at radius 1 is 0.812 bits per heavy atom. The molecule has 0 N–H and O–H groups in total. The molecule has 5 nitrogen and oxygen atoms in total. The first-order chi connectivity index (χ1) is 15.4. The molecule has 2 aliphatic heterocycles. The van der Waals surface area contributed by atoms with E-state index in [1.54, 1.807) is 30.3 Å². The van der Waals surface area contributed by atoms with E-state index in [0.717, 1.165) is 11.0 Å². The molecule has 5 rings (SSSR count). The zero-order valence-corrected chi connectivity index (χ0v) is 18.5. The van der Waals surface area contributed by atoms with E-state index in [1.807, 2.05) is 18.2 Å². The normalized spacial score (nSPS) is 22.6. The molecule has 2 heterocycles.